The number of sulfonamides is 1. The lowest BCUT2D eigenvalue weighted by Crippen LogP contribution is -2.52. The number of anilines is 1. The maximum absolute atomic E-state index is 13.5. The van der Waals surface area contributed by atoms with E-state index >= 15 is 0 Å². The van der Waals surface area contributed by atoms with Gasteiger partial charge in [-0.15, -0.1) is 0 Å². The van der Waals surface area contributed by atoms with Crippen molar-refractivity contribution in [3.05, 3.63) is 53.8 Å². The number of hydrogen-bond donors (Lipinski definition) is 1. The third-order valence-corrected chi connectivity index (χ3v) is 6.90. The van der Waals surface area contributed by atoms with Crippen molar-refractivity contribution in [2.75, 3.05) is 23.9 Å². The van der Waals surface area contributed by atoms with Gasteiger partial charge in [-0.25, -0.2) is 12.8 Å². The smallest absolute Gasteiger partial charge is 0.244 e. The van der Waals surface area contributed by atoms with Gasteiger partial charge < -0.3 is 19.7 Å². The van der Waals surface area contributed by atoms with Crippen molar-refractivity contribution in [2.45, 2.75) is 45.8 Å². The molecule has 0 radical (unpaired) electrons. The van der Waals surface area contributed by atoms with E-state index in [-0.39, 0.29) is 31.0 Å². The molecule has 0 aromatic heterocycles. The molecule has 0 fully saturated rings. The number of hydrogen-bond acceptors (Lipinski definition) is 6. The summed E-state index contributed by atoms with van der Waals surface area (Å²) in [5, 5.41) is 2.85. The lowest BCUT2D eigenvalue weighted by atomic mass is 10.1. The molecule has 0 aliphatic carbocycles. The van der Waals surface area contributed by atoms with Crippen LogP contribution in [0.15, 0.2) is 42.5 Å². The summed E-state index contributed by atoms with van der Waals surface area (Å²) in [7, 11) is -3.87. The number of fused-ring (bicyclic) bond motifs is 1. The molecule has 0 unspecified atom stereocenters. The highest BCUT2D eigenvalue weighted by atomic mass is 32.2. The van der Waals surface area contributed by atoms with E-state index in [1.54, 1.807) is 13.0 Å². The van der Waals surface area contributed by atoms with Crippen molar-refractivity contribution in [2.24, 2.45) is 0 Å². The molecule has 9 nitrogen and oxygen atoms in total. The van der Waals surface area contributed by atoms with E-state index in [1.165, 1.54) is 41.3 Å². The van der Waals surface area contributed by atoms with Crippen LogP contribution in [0.2, 0.25) is 0 Å². The minimum absolute atomic E-state index is 0.00700. The predicted octanol–water partition coefficient (Wildman–Crippen LogP) is 2.65. The second-order valence-electron chi connectivity index (χ2n) is 8.45. The zero-order valence-corrected chi connectivity index (χ0v) is 21.0. The highest BCUT2D eigenvalue weighted by molar-refractivity contribution is 7.92. The summed E-state index contributed by atoms with van der Waals surface area (Å²) in [5.74, 6) is -0.553. The van der Waals surface area contributed by atoms with Gasteiger partial charge in [0.05, 0.1) is 11.9 Å². The summed E-state index contributed by atoms with van der Waals surface area (Å²) in [5.41, 5.74) is 0.820. The van der Waals surface area contributed by atoms with E-state index in [0.717, 1.165) is 10.6 Å². The van der Waals surface area contributed by atoms with Gasteiger partial charge in [-0.05, 0) is 50.1 Å². The third kappa shape index (κ3) is 6.62. The molecule has 2 aromatic rings. The van der Waals surface area contributed by atoms with Crippen LogP contribution in [0.1, 0.15) is 32.8 Å². The second-order valence-corrected chi connectivity index (χ2v) is 10.4. The van der Waals surface area contributed by atoms with Crippen LogP contribution in [0.3, 0.4) is 0 Å². The molecular weight excluding hydrogens is 477 g/mol. The first-order valence-corrected chi connectivity index (χ1v) is 13.1. The molecule has 0 saturated heterocycles. The summed E-state index contributed by atoms with van der Waals surface area (Å²) in [6.07, 6.45) is 1.70. The molecule has 35 heavy (non-hydrogen) atoms. The molecule has 2 aromatic carbocycles. The maximum Gasteiger partial charge on any atom is 0.244 e. The van der Waals surface area contributed by atoms with E-state index in [2.05, 4.69) is 5.32 Å². The lowest BCUT2D eigenvalue weighted by Gasteiger charge is -2.32. The first kappa shape index (κ1) is 26.3. The quantitative estimate of drug-likeness (QED) is 0.530. The lowest BCUT2D eigenvalue weighted by molar-refractivity contribution is -0.139. The van der Waals surface area contributed by atoms with Crippen LogP contribution in [0, 0.1) is 5.82 Å². The van der Waals surface area contributed by atoms with Crippen LogP contribution >= 0.6 is 0 Å². The number of rotatable bonds is 10. The van der Waals surface area contributed by atoms with Crippen LogP contribution in [0.25, 0.3) is 0 Å². The third-order valence-electron chi connectivity index (χ3n) is 5.76. The summed E-state index contributed by atoms with van der Waals surface area (Å²) < 4.78 is 50.2. The number of carbonyl (C=O) groups is 2. The van der Waals surface area contributed by atoms with Gasteiger partial charge in [-0.1, -0.05) is 19.1 Å². The van der Waals surface area contributed by atoms with Gasteiger partial charge in [-0.2, -0.15) is 0 Å². The van der Waals surface area contributed by atoms with E-state index in [0.29, 0.717) is 23.5 Å². The molecule has 1 aliphatic rings. The molecule has 11 heteroatoms. The topological polar surface area (TPSA) is 105 Å². The highest BCUT2D eigenvalue weighted by Gasteiger charge is 2.31. The number of carbonyl (C=O) groups excluding carboxylic acids is 2. The fraction of sp³-hybridized carbons (Fsp3) is 0.417. The molecule has 0 bridgehead atoms. The maximum atomic E-state index is 13.5. The molecule has 2 amide bonds. The van der Waals surface area contributed by atoms with Gasteiger partial charge >= 0.3 is 0 Å². The predicted molar refractivity (Wildman–Crippen MR) is 129 cm³/mol. The summed E-state index contributed by atoms with van der Waals surface area (Å²) in [6, 6.07) is 9.12. The molecule has 1 aliphatic heterocycles. The number of ether oxygens (including phenoxy) is 2. The molecule has 1 heterocycles. The Kier molecular flexibility index (Phi) is 8.21. The fourth-order valence-corrected chi connectivity index (χ4v) is 4.33. The Bertz CT molecular complexity index is 1170. The fourth-order valence-electron chi connectivity index (χ4n) is 3.49. The van der Waals surface area contributed by atoms with E-state index in [9.17, 15) is 22.4 Å². The van der Waals surface area contributed by atoms with Gasteiger partial charge in [0, 0.05) is 18.7 Å². The van der Waals surface area contributed by atoms with Crippen LogP contribution in [-0.2, 0) is 26.2 Å². The van der Waals surface area contributed by atoms with Gasteiger partial charge in [0.25, 0.3) is 0 Å². The summed E-state index contributed by atoms with van der Waals surface area (Å²) in [6.45, 7) is 4.82. The second kappa shape index (κ2) is 10.9. The van der Waals surface area contributed by atoms with Gasteiger partial charge in [-0.3, -0.25) is 13.9 Å². The average Bonchev–Trinajstić information content (AvgIpc) is 3.28. The number of amides is 2. The number of nitrogens with one attached hydrogen (secondary N) is 1. The molecule has 2 atom stereocenters. The Hall–Kier alpha value is -3.34. The Labute approximate surface area is 204 Å². The Morgan fingerprint density at radius 1 is 1.09 bits per heavy atom. The number of halogens is 1. The summed E-state index contributed by atoms with van der Waals surface area (Å²) >= 11 is 0. The van der Waals surface area contributed by atoms with Crippen LogP contribution in [-0.4, -0.2) is 56.8 Å². The molecule has 0 spiro atoms. The van der Waals surface area contributed by atoms with E-state index in [4.69, 9.17) is 9.47 Å². The van der Waals surface area contributed by atoms with Crippen molar-refractivity contribution >= 4 is 27.5 Å². The van der Waals surface area contributed by atoms with E-state index in [1.807, 2.05) is 13.8 Å². The zero-order chi connectivity index (χ0) is 25.8. The van der Waals surface area contributed by atoms with E-state index < -0.39 is 34.3 Å². The normalized spacial score (nSPS) is 14.2. The van der Waals surface area contributed by atoms with Crippen molar-refractivity contribution in [1.82, 2.24) is 10.2 Å². The Morgan fingerprint density at radius 3 is 2.37 bits per heavy atom. The Balaban J connectivity index is 1.90. The highest BCUT2D eigenvalue weighted by Crippen LogP contribution is 2.36. The minimum atomic E-state index is -3.87. The molecule has 3 rings (SSSR count). The largest absolute Gasteiger partial charge is 0.454 e. The van der Waals surface area contributed by atoms with Crippen molar-refractivity contribution in [3.63, 3.8) is 0 Å². The minimum Gasteiger partial charge on any atom is -0.454 e. The molecule has 1 N–H and O–H groups in total. The van der Waals surface area contributed by atoms with Crippen molar-refractivity contribution in [1.29, 1.82) is 0 Å². The first-order valence-electron chi connectivity index (χ1n) is 11.2. The monoisotopic (exact) mass is 507 g/mol. The van der Waals surface area contributed by atoms with Gasteiger partial charge in [0.15, 0.2) is 11.5 Å². The van der Waals surface area contributed by atoms with Gasteiger partial charge in [0.1, 0.15) is 18.4 Å². The van der Waals surface area contributed by atoms with Gasteiger partial charge in [0.2, 0.25) is 28.6 Å². The van der Waals surface area contributed by atoms with Crippen LogP contribution in [0.5, 0.6) is 11.5 Å². The first-order chi connectivity index (χ1) is 16.5. The van der Waals surface area contributed by atoms with Crippen molar-refractivity contribution < 1.29 is 31.9 Å². The van der Waals surface area contributed by atoms with Crippen molar-refractivity contribution in [3.8, 4) is 11.5 Å². The van der Waals surface area contributed by atoms with Crippen LogP contribution < -0.4 is 19.1 Å². The number of benzene rings is 2. The molecule has 190 valence electrons. The number of nitrogens with zero attached hydrogens (tertiary/aromatic N) is 2. The average molecular weight is 508 g/mol. The molecule has 0 saturated carbocycles. The standard InChI is InChI=1S/C24H30FN3O6S/c1-5-16(2)26-24(30)17(3)27(13-18-6-8-19(25)9-7-18)23(29)14-28(35(4,31)32)20-10-11-21-22(12-20)34-15-33-21/h6-12,16-17H,5,13-15H2,1-4H3,(H,26,30)/t16-,17+/m0/s1. The zero-order valence-electron chi connectivity index (χ0n) is 20.2. The SMILES string of the molecule is CC[C@H](C)NC(=O)[C@@H](C)N(Cc1ccc(F)cc1)C(=O)CN(c1ccc2c(c1)OCO2)S(C)(=O)=O. The molecular formula is C24H30FN3O6S. The Morgan fingerprint density at radius 2 is 1.74 bits per heavy atom. The van der Waals surface area contributed by atoms with Crippen LogP contribution in [0.4, 0.5) is 10.1 Å². The summed E-state index contributed by atoms with van der Waals surface area (Å²) in [4.78, 5) is 27.6.